The number of hydrogen-bond acceptors (Lipinski definition) is 5. The summed E-state index contributed by atoms with van der Waals surface area (Å²) >= 11 is 0. The van der Waals surface area contributed by atoms with E-state index in [-0.39, 0.29) is 11.7 Å². The lowest BCUT2D eigenvalue weighted by Gasteiger charge is -2.17. The SMILES string of the molecule is CCC[C@@H](CCCNC(=O)c1cc(C)ccc1-c1ncccn1)COc1ccc(F)cn1. The number of pyridine rings is 1. The van der Waals surface area contributed by atoms with E-state index in [2.05, 4.69) is 27.2 Å². The Morgan fingerprint density at radius 1 is 1.12 bits per heavy atom. The number of nitrogens with zero attached hydrogens (tertiary/aromatic N) is 3. The molecular weight excluding hydrogens is 407 g/mol. The smallest absolute Gasteiger partial charge is 0.252 e. The number of aromatic nitrogens is 3. The predicted molar refractivity (Wildman–Crippen MR) is 122 cm³/mol. The van der Waals surface area contributed by atoms with Crippen LogP contribution in [0.2, 0.25) is 0 Å². The number of nitrogens with one attached hydrogen (secondary N) is 1. The Hall–Kier alpha value is -3.35. The minimum atomic E-state index is -0.381. The van der Waals surface area contributed by atoms with Gasteiger partial charge in [-0.05, 0) is 50.3 Å². The molecule has 0 unspecified atom stereocenters. The van der Waals surface area contributed by atoms with Gasteiger partial charge in [-0.1, -0.05) is 31.0 Å². The number of aryl methyl sites for hydroxylation is 1. The molecule has 0 spiro atoms. The van der Waals surface area contributed by atoms with E-state index in [1.54, 1.807) is 18.5 Å². The Morgan fingerprint density at radius 3 is 2.66 bits per heavy atom. The van der Waals surface area contributed by atoms with E-state index < -0.39 is 0 Å². The van der Waals surface area contributed by atoms with Crippen molar-refractivity contribution in [3.05, 3.63) is 71.9 Å². The molecule has 1 amide bonds. The quantitative estimate of drug-likeness (QED) is 0.429. The van der Waals surface area contributed by atoms with E-state index >= 15 is 0 Å². The van der Waals surface area contributed by atoms with Gasteiger partial charge >= 0.3 is 0 Å². The zero-order valence-electron chi connectivity index (χ0n) is 18.6. The Labute approximate surface area is 188 Å². The van der Waals surface area contributed by atoms with Gasteiger partial charge in [-0.2, -0.15) is 0 Å². The van der Waals surface area contributed by atoms with E-state index in [4.69, 9.17) is 4.74 Å². The van der Waals surface area contributed by atoms with Crippen molar-refractivity contribution >= 4 is 5.91 Å². The van der Waals surface area contributed by atoms with Crippen molar-refractivity contribution in [1.29, 1.82) is 0 Å². The second-order valence-electron chi connectivity index (χ2n) is 7.80. The lowest BCUT2D eigenvalue weighted by molar-refractivity contribution is 0.0952. The van der Waals surface area contributed by atoms with Gasteiger partial charge < -0.3 is 10.1 Å². The summed E-state index contributed by atoms with van der Waals surface area (Å²) < 4.78 is 18.7. The van der Waals surface area contributed by atoms with Crippen LogP contribution in [0.1, 0.15) is 48.5 Å². The third-order valence-corrected chi connectivity index (χ3v) is 5.17. The van der Waals surface area contributed by atoms with Crippen molar-refractivity contribution < 1.29 is 13.9 Å². The van der Waals surface area contributed by atoms with Crippen LogP contribution in [0.15, 0.2) is 55.0 Å². The highest BCUT2D eigenvalue weighted by molar-refractivity contribution is 6.00. The zero-order chi connectivity index (χ0) is 22.8. The van der Waals surface area contributed by atoms with Crippen LogP contribution in [0.25, 0.3) is 11.4 Å². The van der Waals surface area contributed by atoms with Crippen molar-refractivity contribution in [3.63, 3.8) is 0 Å². The number of carbonyl (C=O) groups excluding carboxylic acids is 1. The summed E-state index contributed by atoms with van der Waals surface area (Å²) in [4.78, 5) is 25.4. The Bertz CT molecular complexity index is 997. The molecule has 168 valence electrons. The molecule has 0 saturated carbocycles. The maximum absolute atomic E-state index is 13.0. The average molecular weight is 437 g/mol. The molecule has 0 radical (unpaired) electrons. The van der Waals surface area contributed by atoms with Gasteiger partial charge in [-0.25, -0.2) is 19.3 Å². The first-order valence-electron chi connectivity index (χ1n) is 11.0. The molecule has 0 bridgehead atoms. The first-order chi connectivity index (χ1) is 15.6. The predicted octanol–water partition coefficient (Wildman–Crippen LogP) is 4.99. The standard InChI is InChI=1S/C25H29FN4O2/c1-3-6-19(17-32-23-11-9-20(26)16-30-23)7-4-12-29-25(31)22-15-18(2)8-10-21(22)24-27-13-5-14-28-24/h5,8-11,13-16,19H,3-4,6-7,12,17H2,1-2H3,(H,29,31)/t19-/m0/s1. The van der Waals surface area contributed by atoms with Gasteiger partial charge in [-0.15, -0.1) is 0 Å². The number of amides is 1. The fraction of sp³-hybridized carbons (Fsp3) is 0.360. The summed E-state index contributed by atoms with van der Waals surface area (Å²) in [7, 11) is 0. The molecule has 0 saturated heterocycles. The molecule has 1 atom stereocenters. The lowest BCUT2D eigenvalue weighted by Crippen LogP contribution is -2.26. The van der Waals surface area contributed by atoms with Crippen LogP contribution in [0.4, 0.5) is 4.39 Å². The molecule has 0 aliphatic carbocycles. The van der Waals surface area contributed by atoms with Crippen molar-refractivity contribution in [2.24, 2.45) is 5.92 Å². The number of hydrogen-bond donors (Lipinski definition) is 1. The van der Waals surface area contributed by atoms with Gasteiger partial charge in [0.2, 0.25) is 5.88 Å². The van der Waals surface area contributed by atoms with Gasteiger partial charge in [0.25, 0.3) is 5.91 Å². The lowest BCUT2D eigenvalue weighted by atomic mass is 9.98. The van der Waals surface area contributed by atoms with Crippen molar-refractivity contribution in [3.8, 4) is 17.3 Å². The molecule has 0 aliphatic heterocycles. The van der Waals surface area contributed by atoms with Crippen LogP contribution in [0, 0.1) is 18.7 Å². The van der Waals surface area contributed by atoms with Crippen LogP contribution in [-0.4, -0.2) is 34.0 Å². The summed E-state index contributed by atoms with van der Waals surface area (Å²) in [5, 5.41) is 3.02. The van der Waals surface area contributed by atoms with Crippen LogP contribution in [-0.2, 0) is 0 Å². The Morgan fingerprint density at radius 2 is 1.94 bits per heavy atom. The van der Waals surface area contributed by atoms with Gasteiger partial charge in [-0.3, -0.25) is 4.79 Å². The number of rotatable bonds is 11. The van der Waals surface area contributed by atoms with Gasteiger partial charge in [0.15, 0.2) is 5.82 Å². The third-order valence-electron chi connectivity index (χ3n) is 5.17. The Balaban J connectivity index is 1.52. The molecule has 6 nitrogen and oxygen atoms in total. The molecular formula is C25H29FN4O2. The third kappa shape index (κ3) is 6.83. The normalized spacial score (nSPS) is 11.7. The number of benzene rings is 1. The molecule has 1 N–H and O–H groups in total. The molecule has 7 heteroatoms. The minimum absolute atomic E-state index is 0.130. The molecule has 3 rings (SSSR count). The summed E-state index contributed by atoms with van der Waals surface area (Å²) in [5.41, 5.74) is 2.30. The van der Waals surface area contributed by atoms with E-state index in [1.807, 2.05) is 25.1 Å². The van der Waals surface area contributed by atoms with E-state index in [0.717, 1.165) is 43.0 Å². The summed E-state index contributed by atoms with van der Waals surface area (Å²) in [6, 6.07) is 10.3. The van der Waals surface area contributed by atoms with Crippen LogP contribution in [0.3, 0.4) is 0 Å². The van der Waals surface area contributed by atoms with Crippen molar-refractivity contribution in [1.82, 2.24) is 20.3 Å². The maximum atomic E-state index is 13.0. The second-order valence-corrected chi connectivity index (χ2v) is 7.80. The largest absolute Gasteiger partial charge is 0.477 e. The van der Waals surface area contributed by atoms with Crippen molar-refractivity contribution in [2.75, 3.05) is 13.2 Å². The molecule has 3 aromatic rings. The summed E-state index contributed by atoms with van der Waals surface area (Å²) in [5.74, 6) is 0.794. The highest BCUT2D eigenvalue weighted by atomic mass is 19.1. The van der Waals surface area contributed by atoms with Crippen LogP contribution in [0.5, 0.6) is 5.88 Å². The van der Waals surface area contributed by atoms with Crippen molar-refractivity contribution in [2.45, 2.75) is 39.5 Å². The van der Waals surface area contributed by atoms with Gasteiger partial charge in [0.05, 0.1) is 18.4 Å². The number of carbonyl (C=O) groups is 1. The summed E-state index contributed by atoms with van der Waals surface area (Å²) in [6.07, 6.45) is 8.29. The van der Waals surface area contributed by atoms with E-state index in [9.17, 15) is 9.18 Å². The molecule has 2 heterocycles. The molecule has 32 heavy (non-hydrogen) atoms. The highest BCUT2D eigenvalue weighted by Crippen LogP contribution is 2.21. The first-order valence-corrected chi connectivity index (χ1v) is 11.0. The molecule has 1 aromatic carbocycles. The highest BCUT2D eigenvalue weighted by Gasteiger charge is 2.15. The monoisotopic (exact) mass is 436 g/mol. The zero-order valence-corrected chi connectivity index (χ0v) is 18.6. The number of halogens is 1. The molecule has 0 aliphatic rings. The molecule has 0 fully saturated rings. The van der Waals surface area contributed by atoms with Gasteiger partial charge in [0, 0.05) is 30.6 Å². The fourth-order valence-corrected chi connectivity index (χ4v) is 3.54. The Kier molecular flexibility index (Phi) is 8.66. The van der Waals surface area contributed by atoms with Crippen LogP contribution < -0.4 is 10.1 Å². The molecule has 2 aromatic heterocycles. The number of ether oxygens (including phenoxy) is 1. The fourth-order valence-electron chi connectivity index (χ4n) is 3.54. The van der Waals surface area contributed by atoms with Gasteiger partial charge in [0.1, 0.15) is 5.82 Å². The maximum Gasteiger partial charge on any atom is 0.252 e. The second kappa shape index (κ2) is 11.9. The van der Waals surface area contributed by atoms with E-state index in [0.29, 0.717) is 36.3 Å². The minimum Gasteiger partial charge on any atom is -0.477 e. The van der Waals surface area contributed by atoms with Crippen LogP contribution >= 0.6 is 0 Å². The average Bonchev–Trinajstić information content (AvgIpc) is 2.81. The summed E-state index contributed by atoms with van der Waals surface area (Å²) in [6.45, 7) is 5.18. The first kappa shape index (κ1) is 23.3. The topological polar surface area (TPSA) is 77.0 Å². The van der Waals surface area contributed by atoms with E-state index in [1.165, 1.54) is 12.1 Å².